The summed E-state index contributed by atoms with van der Waals surface area (Å²) in [4.78, 5) is 6.11. The van der Waals surface area contributed by atoms with Crippen LogP contribution in [0.3, 0.4) is 0 Å². The second kappa shape index (κ2) is 6.06. The van der Waals surface area contributed by atoms with E-state index in [1.165, 1.54) is 11.3 Å². The van der Waals surface area contributed by atoms with Gasteiger partial charge in [-0.25, -0.2) is 0 Å². The third kappa shape index (κ3) is 3.37. The summed E-state index contributed by atoms with van der Waals surface area (Å²) >= 11 is 9.02. The van der Waals surface area contributed by atoms with E-state index < -0.39 is 5.60 Å². The van der Waals surface area contributed by atoms with E-state index in [-0.39, 0.29) is 5.41 Å². The minimum Gasteiger partial charge on any atom is -0.383 e. The van der Waals surface area contributed by atoms with Crippen LogP contribution in [0.4, 0.5) is 0 Å². The van der Waals surface area contributed by atoms with Crippen LogP contribution >= 0.6 is 34.7 Å². The van der Waals surface area contributed by atoms with Crippen molar-refractivity contribution in [2.24, 2.45) is 5.41 Å². The topological polar surface area (TPSA) is 33.1 Å². The first kappa shape index (κ1) is 15.8. The molecule has 0 radical (unpaired) electrons. The fourth-order valence-electron chi connectivity index (χ4n) is 1.80. The Morgan fingerprint density at radius 3 is 2.40 bits per heavy atom. The van der Waals surface area contributed by atoms with Crippen LogP contribution in [-0.2, 0) is 5.60 Å². The van der Waals surface area contributed by atoms with Gasteiger partial charge < -0.3 is 5.11 Å². The number of halogens is 1. The van der Waals surface area contributed by atoms with Gasteiger partial charge in [-0.05, 0) is 29.7 Å². The molecule has 0 saturated carbocycles. The van der Waals surface area contributed by atoms with E-state index in [2.05, 4.69) is 25.8 Å². The number of nitrogens with zero attached hydrogens (tertiary/aromatic N) is 1. The van der Waals surface area contributed by atoms with Gasteiger partial charge >= 0.3 is 0 Å². The van der Waals surface area contributed by atoms with Gasteiger partial charge in [0, 0.05) is 21.9 Å². The Morgan fingerprint density at radius 1 is 1.25 bits per heavy atom. The maximum absolute atomic E-state index is 11.1. The molecule has 108 valence electrons. The van der Waals surface area contributed by atoms with E-state index in [9.17, 15) is 5.11 Å². The molecule has 2 aromatic rings. The molecule has 0 aliphatic carbocycles. The molecule has 0 spiro atoms. The summed E-state index contributed by atoms with van der Waals surface area (Å²) in [6.45, 7) is 6.15. The summed E-state index contributed by atoms with van der Waals surface area (Å²) < 4.78 is 0. The summed E-state index contributed by atoms with van der Waals surface area (Å²) in [6.07, 6.45) is 1.76. The number of aliphatic hydroxyl groups is 1. The Bertz CT molecular complexity index is 548. The summed E-state index contributed by atoms with van der Waals surface area (Å²) in [7, 11) is 0. The Morgan fingerprint density at radius 2 is 1.90 bits per heavy atom. The average molecular weight is 328 g/mol. The van der Waals surface area contributed by atoms with E-state index in [4.69, 9.17) is 11.6 Å². The Balaban J connectivity index is 2.20. The molecule has 1 N–H and O–H groups in total. The van der Waals surface area contributed by atoms with Gasteiger partial charge in [0.15, 0.2) is 0 Å². The van der Waals surface area contributed by atoms with Crippen molar-refractivity contribution in [1.29, 1.82) is 0 Å². The van der Waals surface area contributed by atoms with Crippen molar-refractivity contribution in [1.82, 2.24) is 4.98 Å². The van der Waals surface area contributed by atoms with Gasteiger partial charge in [0.25, 0.3) is 0 Å². The smallest absolute Gasteiger partial charge is 0.114 e. The van der Waals surface area contributed by atoms with Crippen LogP contribution in [0.2, 0.25) is 5.02 Å². The highest BCUT2D eigenvalue weighted by molar-refractivity contribution is 7.99. The van der Waals surface area contributed by atoms with Crippen LogP contribution in [0.1, 0.15) is 25.6 Å². The van der Waals surface area contributed by atoms with E-state index in [0.717, 1.165) is 14.8 Å². The molecule has 1 aromatic heterocycles. The van der Waals surface area contributed by atoms with E-state index in [0.29, 0.717) is 5.75 Å². The molecular weight excluding hydrogens is 310 g/mol. The van der Waals surface area contributed by atoms with Crippen molar-refractivity contribution in [3.63, 3.8) is 0 Å². The fraction of sp³-hybridized carbons (Fsp3) is 0.400. The van der Waals surface area contributed by atoms with Gasteiger partial charge in [0.1, 0.15) is 5.60 Å². The molecule has 5 heteroatoms. The van der Waals surface area contributed by atoms with Crippen LogP contribution in [0.15, 0.2) is 40.9 Å². The molecule has 0 aliphatic heterocycles. The van der Waals surface area contributed by atoms with E-state index in [1.54, 1.807) is 23.5 Å². The molecule has 1 atom stereocenters. The number of thioether (sulfide) groups is 1. The summed E-state index contributed by atoms with van der Waals surface area (Å²) in [5.74, 6) is 0.584. The van der Waals surface area contributed by atoms with Gasteiger partial charge in [0.05, 0.1) is 10.4 Å². The lowest BCUT2D eigenvalue weighted by molar-refractivity contribution is -0.0392. The minimum absolute atomic E-state index is 0.265. The molecule has 0 amide bonds. The minimum atomic E-state index is -0.904. The molecule has 0 fully saturated rings. The van der Waals surface area contributed by atoms with Crippen molar-refractivity contribution in [2.75, 3.05) is 5.75 Å². The number of benzene rings is 1. The SMILES string of the molecule is CC(C)(C)C(O)(CSc1ccc(Cl)cc1)c1cncs1. The number of aromatic nitrogens is 1. The molecule has 2 rings (SSSR count). The zero-order chi connectivity index (χ0) is 14.8. The Hall–Kier alpha value is -0.550. The largest absolute Gasteiger partial charge is 0.383 e. The zero-order valence-corrected chi connectivity index (χ0v) is 14.1. The van der Waals surface area contributed by atoms with Gasteiger partial charge in [-0.3, -0.25) is 4.98 Å². The molecule has 0 saturated heterocycles. The maximum Gasteiger partial charge on any atom is 0.114 e. The number of rotatable bonds is 4. The van der Waals surface area contributed by atoms with Crippen molar-refractivity contribution in [3.05, 3.63) is 45.9 Å². The predicted molar refractivity (Wildman–Crippen MR) is 87.6 cm³/mol. The summed E-state index contributed by atoms with van der Waals surface area (Å²) in [5, 5.41) is 11.9. The van der Waals surface area contributed by atoms with Gasteiger partial charge in [-0.15, -0.1) is 23.1 Å². The molecule has 20 heavy (non-hydrogen) atoms. The predicted octanol–water partition coefficient (Wildman–Crippen LogP) is 4.82. The lowest BCUT2D eigenvalue weighted by Crippen LogP contribution is -2.41. The highest BCUT2D eigenvalue weighted by Gasteiger charge is 2.42. The Labute approximate surface area is 133 Å². The molecule has 0 aliphatic rings. The zero-order valence-electron chi connectivity index (χ0n) is 11.8. The molecule has 0 bridgehead atoms. The van der Waals surface area contributed by atoms with E-state index in [1.807, 2.05) is 24.3 Å². The first-order chi connectivity index (χ1) is 9.33. The number of hydrogen-bond acceptors (Lipinski definition) is 4. The lowest BCUT2D eigenvalue weighted by atomic mass is 9.77. The van der Waals surface area contributed by atoms with Gasteiger partial charge in [-0.2, -0.15) is 0 Å². The summed E-state index contributed by atoms with van der Waals surface area (Å²) in [6, 6.07) is 7.69. The normalized spacial score (nSPS) is 15.1. The monoisotopic (exact) mass is 327 g/mol. The van der Waals surface area contributed by atoms with Crippen molar-refractivity contribution in [2.45, 2.75) is 31.3 Å². The number of thiazole rings is 1. The van der Waals surface area contributed by atoms with E-state index >= 15 is 0 Å². The lowest BCUT2D eigenvalue weighted by Gasteiger charge is -2.39. The first-order valence-corrected chi connectivity index (χ1v) is 8.57. The van der Waals surface area contributed by atoms with Crippen LogP contribution in [0, 0.1) is 5.41 Å². The van der Waals surface area contributed by atoms with Crippen molar-refractivity contribution >= 4 is 34.7 Å². The maximum atomic E-state index is 11.1. The summed E-state index contributed by atoms with van der Waals surface area (Å²) in [5.41, 5.74) is 0.594. The standard InChI is InChI=1S/C15H18ClNOS2/c1-14(2,3)15(18,13-8-17-10-20-13)9-19-12-6-4-11(16)5-7-12/h4-8,10,18H,9H2,1-3H3. The number of hydrogen-bond donors (Lipinski definition) is 1. The molecule has 1 unspecified atom stereocenters. The van der Waals surface area contributed by atoms with Gasteiger partial charge in [-0.1, -0.05) is 32.4 Å². The molecule has 2 nitrogen and oxygen atoms in total. The van der Waals surface area contributed by atoms with Crippen LogP contribution < -0.4 is 0 Å². The second-order valence-electron chi connectivity index (χ2n) is 5.72. The molecule has 1 heterocycles. The first-order valence-electron chi connectivity index (χ1n) is 6.33. The average Bonchev–Trinajstić information content (AvgIpc) is 2.90. The molecule has 1 aromatic carbocycles. The van der Waals surface area contributed by atoms with Crippen LogP contribution in [0.5, 0.6) is 0 Å². The van der Waals surface area contributed by atoms with Crippen molar-refractivity contribution in [3.8, 4) is 0 Å². The van der Waals surface area contributed by atoms with Crippen LogP contribution in [-0.4, -0.2) is 15.8 Å². The van der Waals surface area contributed by atoms with Crippen LogP contribution in [0.25, 0.3) is 0 Å². The highest BCUT2D eigenvalue weighted by Crippen LogP contribution is 2.44. The quantitative estimate of drug-likeness (QED) is 0.817. The third-order valence-corrected chi connectivity index (χ3v) is 5.69. The Kier molecular flexibility index (Phi) is 4.80. The van der Waals surface area contributed by atoms with Gasteiger partial charge in [0.2, 0.25) is 0 Å². The van der Waals surface area contributed by atoms with Crippen molar-refractivity contribution < 1.29 is 5.11 Å². The molecular formula is C15H18ClNOS2. The third-order valence-electron chi connectivity index (χ3n) is 3.34. The highest BCUT2D eigenvalue weighted by atomic mass is 35.5. The fourth-order valence-corrected chi connectivity index (χ4v) is 4.24. The second-order valence-corrected chi connectivity index (χ2v) is 8.09.